The molecule has 0 fully saturated rings. The molecular weight excluding hydrogens is 378 g/mol. The third-order valence-electron chi connectivity index (χ3n) is 5.50. The molecule has 148 valence electrons. The highest BCUT2D eigenvalue weighted by molar-refractivity contribution is 5.99. The summed E-state index contributed by atoms with van der Waals surface area (Å²) in [6, 6.07) is 23.7. The van der Waals surface area contributed by atoms with Gasteiger partial charge < -0.3 is 14.1 Å². The molecular formula is C25H19NO4. The van der Waals surface area contributed by atoms with Crippen LogP contribution in [0.5, 0.6) is 5.75 Å². The minimum Gasteiger partial charge on any atom is -0.497 e. The van der Waals surface area contributed by atoms with Crippen LogP contribution >= 0.6 is 0 Å². The Balaban J connectivity index is 1.71. The zero-order chi connectivity index (χ0) is 20.7. The number of nitrogens with zero attached hydrogens (tertiary/aromatic N) is 1. The number of para-hydroxylation sites is 1. The van der Waals surface area contributed by atoms with Gasteiger partial charge in [-0.25, -0.2) is 0 Å². The van der Waals surface area contributed by atoms with Crippen molar-refractivity contribution in [2.24, 2.45) is 0 Å². The summed E-state index contributed by atoms with van der Waals surface area (Å²) in [6.45, 7) is 0.371. The third-order valence-corrected chi connectivity index (χ3v) is 5.50. The molecule has 3 aromatic carbocycles. The molecule has 1 aromatic heterocycles. The summed E-state index contributed by atoms with van der Waals surface area (Å²) in [4.78, 5) is 28.5. The maximum atomic E-state index is 13.4. The molecule has 1 aliphatic rings. The van der Waals surface area contributed by atoms with E-state index in [1.54, 1.807) is 36.3 Å². The van der Waals surface area contributed by atoms with Gasteiger partial charge in [0.1, 0.15) is 11.3 Å². The van der Waals surface area contributed by atoms with E-state index in [2.05, 4.69) is 0 Å². The molecule has 5 nitrogen and oxygen atoms in total. The number of hydrogen-bond acceptors (Lipinski definition) is 4. The highest BCUT2D eigenvalue weighted by Gasteiger charge is 2.42. The lowest BCUT2D eigenvalue weighted by molar-refractivity contribution is 0.0714. The summed E-state index contributed by atoms with van der Waals surface area (Å²) in [5.74, 6) is 0.552. The molecule has 5 heteroatoms. The van der Waals surface area contributed by atoms with Crippen LogP contribution in [0.3, 0.4) is 0 Å². The molecule has 1 amide bonds. The first-order chi connectivity index (χ1) is 14.7. The van der Waals surface area contributed by atoms with Gasteiger partial charge in [-0.15, -0.1) is 0 Å². The standard InChI is InChI=1S/C25H19NO4/c1-29-18-13-11-17(12-14-18)22-21-23(27)19-9-5-6-10-20(19)30-24(21)25(28)26(22)15-16-7-3-2-4-8-16/h2-14,22H,15H2,1H3/t22-/m1/s1. The molecule has 5 rings (SSSR count). The van der Waals surface area contributed by atoms with E-state index in [1.165, 1.54) is 0 Å². The Hall–Kier alpha value is -3.86. The molecule has 0 bridgehead atoms. The number of ether oxygens (including phenoxy) is 1. The van der Waals surface area contributed by atoms with Gasteiger partial charge in [-0.05, 0) is 35.4 Å². The zero-order valence-corrected chi connectivity index (χ0v) is 16.4. The number of amides is 1. The van der Waals surface area contributed by atoms with Gasteiger partial charge in [-0.2, -0.15) is 0 Å². The Morgan fingerprint density at radius 1 is 0.900 bits per heavy atom. The molecule has 1 aliphatic heterocycles. The molecule has 0 saturated carbocycles. The average Bonchev–Trinajstić information content (AvgIpc) is 3.06. The predicted molar refractivity (Wildman–Crippen MR) is 114 cm³/mol. The number of carbonyl (C=O) groups excluding carboxylic acids is 1. The van der Waals surface area contributed by atoms with Crippen molar-refractivity contribution in [2.45, 2.75) is 12.6 Å². The van der Waals surface area contributed by atoms with Crippen molar-refractivity contribution in [3.63, 3.8) is 0 Å². The number of fused-ring (bicyclic) bond motifs is 2. The molecule has 0 unspecified atom stereocenters. The van der Waals surface area contributed by atoms with Crippen molar-refractivity contribution in [1.82, 2.24) is 4.90 Å². The number of carbonyl (C=O) groups is 1. The van der Waals surface area contributed by atoms with Crippen LogP contribution in [-0.2, 0) is 6.54 Å². The van der Waals surface area contributed by atoms with Crippen LogP contribution < -0.4 is 10.2 Å². The van der Waals surface area contributed by atoms with Crippen LogP contribution in [0, 0.1) is 0 Å². The Morgan fingerprint density at radius 3 is 2.33 bits per heavy atom. The summed E-state index contributed by atoms with van der Waals surface area (Å²) in [5, 5.41) is 0.476. The summed E-state index contributed by atoms with van der Waals surface area (Å²) >= 11 is 0. The molecule has 30 heavy (non-hydrogen) atoms. The second-order valence-corrected chi connectivity index (χ2v) is 7.26. The van der Waals surface area contributed by atoms with Gasteiger partial charge in [0.2, 0.25) is 5.76 Å². The number of methoxy groups -OCH3 is 1. The van der Waals surface area contributed by atoms with E-state index in [-0.39, 0.29) is 17.1 Å². The Morgan fingerprint density at radius 2 is 1.60 bits per heavy atom. The van der Waals surface area contributed by atoms with E-state index in [9.17, 15) is 9.59 Å². The molecule has 0 radical (unpaired) electrons. The quantitative estimate of drug-likeness (QED) is 0.507. The fourth-order valence-electron chi connectivity index (χ4n) is 4.04. The van der Waals surface area contributed by atoms with Crippen LogP contribution in [0.1, 0.15) is 33.3 Å². The normalized spacial score (nSPS) is 15.4. The maximum Gasteiger partial charge on any atom is 0.291 e. The minimum absolute atomic E-state index is 0.121. The van der Waals surface area contributed by atoms with Crippen molar-refractivity contribution in [3.05, 3.63) is 112 Å². The van der Waals surface area contributed by atoms with E-state index in [4.69, 9.17) is 9.15 Å². The van der Waals surface area contributed by atoms with E-state index in [0.29, 0.717) is 28.8 Å². The SMILES string of the molecule is COc1ccc([C@@H]2c3c(oc4ccccc4c3=O)C(=O)N2Cc2ccccc2)cc1. The first kappa shape index (κ1) is 18.2. The maximum absolute atomic E-state index is 13.4. The lowest BCUT2D eigenvalue weighted by atomic mass is 9.98. The van der Waals surface area contributed by atoms with Gasteiger partial charge in [0.05, 0.1) is 24.1 Å². The number of benzene rings is 3. The smallest absolute Gasteiger partial charge is 0.291 e. The summed E-state index contributed by atoms with van der Waals surface area (Å²) in [6.07, 6.45) is 0. The lowest BCUT2D eigenvalue weighted by Crippen LogP contribution is -2.29. The average molecular weight is 397 g/mol. The Labute approximate surface area is 173 Å². The molecule has 4 aromatic rings. The largest absolute Gasteiger partial charge is 0.497 e. The zero-order valence-electron chi connectivity index (χ0n) is 16.4. The predicted octanol–water partition coefficient (Wildman–Crippen LogP) is 4.55. The summed E-state index contributed by atoms with van der Waals surface area (Å²) in [7, 11) is 1.60. The molecule has 2 heterocycles. The van der Waals surface area contributed by atoms with Gasteiger partial charge in [0, 0.05) is 6.54 Å². The van der Waals surface area contributed by atoms with Crippen molar-refractivity contribution < 1.29 is 13.9 Å². The van der Waals surface area contributed by atoms with E-state index >= 15 is 0 Å². The van der Waals surface area contributed by atoms with Crippen LogP contribution in [-0.4, -0.2) is 17.9 Å². The van der Waals surface area contributed by atoms with Gasteiger partial charge in [-0.1, -0.05) is 54.6 Å². The summed E-state index contributed by atoms with van der Waals surface area (Å²) in [5.41, 5.74) is 2.46. The van der Waals surface area contributed by atoms with Gasteiger partial charge in [0.25, 0.3) is 5.91 Å². The first-order valence-corrected chi connectivity index (χ1v) is 9.72. The van der Waals surface area contributed by atoms with Crippen LogP contribution in [0.25, 0.3) is 11.0 Å². The number of rotatable bonds is 4. The monoisotopic (exact) mass is 397 g/mol. The first-order valence-electron chi connectivity index (χ1n) is 9.72. The van der Waals surface area contributed by atoms with Crippen molar-refractivity contribution in [2.75, 3.05) is 7.11 Å². The minimum atomic E-state index is -0.528. The molecule has 0 spiro atoms. The van der Waals surface area contributed by atoms with Crippen molar-refractivity contribution in [1.29, 1.82) is 0 Å². The van der Waals surface area contributed by atoms with Gasteiger partial charge >= 0.3 is 0 Å². The fourth-order valence-corrected chi connectivity index (χ4v) is 4.04. The van der Waals surface area contributed by atoms with E-state index < -0.39 is 6.04 Å². The number of hydrogen-bond donors (Lipinski definition) is 0. The second-order valence-electron chi connectivity index (χ2n) is 7.26. The van der Waals surface area contributed by atoms with E-state index in [1.807, 2.05) is 54.6 Å². The highest BCUT2D eigenvalue weighted by atomic mass is 16.5. The fraction of sp³-hybridized carbons (Fsp3) is 0.120. The second kappa shape index (κ2) is 7.19. The van der Waals surface area contributed by atoms with Gasteiger partial charge in [-0.3, -0.25) is 9.59 Å². The Kier molecular flexibility index (Phi) is 4.36. The molecule has 0 N–H and O–H groups in total. The van der Waals surface area contributed by atoms with Gasteiger partial charge in [0.15, 0.2) is 5.43 Å². The van der Waals surface area contributed by atoms with Crippen LogP contribution in [0.2, 0.25) is 0 Å². The molecule has 0 aliphatic carbocycles. The van der Waals surface area contributed by atoms with Crippen LogP contribution in [0.4, 0.5) is 0 Å². The summed E-state index contributed by atoms with van der Waals surface area (Å²) < 4.78 is 11.2. The molecule has 1 atom stereocenters. The lowest BCUT2D eigenvalue weighted by Gasteiger charge is -2.25. The van der Waals surface area contributed by atoms with Crippen LogP contribution in [0.15, 0.2) is 88.1 Å². The highest BCUT2D eigenvalue weighted by Crippen LogP contribution is 2.39. The topological polar surface area (TPSA) is 59.8 Å². The van der Waals surface area contributed by atoms with Crippen molar-refractivity contribution >= 4 is 16.9 Å². The third kappa shape index (κ3) is 2.87. The van der Waals surface area contributed by atoms with E-state index in [0.717, 1.165) is 11.1 Å². The Bertz CT molecular complexity index is 1290. The van der Waals surface area contributed by atoms with Crippen molar-refractivity contribution in [3.8, 4) is 5.75 Å². The molecule has 0 saturated heterocycles.